The lowest BCUT2D eigenvalue weighted by Gasteiger charge is -2.51. The van der Waals surface area contributed by atoms with E-state index < -0.39 is 0 Å². The normalized spacial score (nSPS) is 23.4. The molecule has 0 bridgehead atoms. The Labute approximate surface area is 162 Å². The summed E-state index contributed by atoms with van der Waals surface area (Å²) in [4.78, 5) is 2.72. The van der Waals surface area contributed by atoms with Crippen LogP contribution in [0.2, 0.25) is 0 Å². The second kappa shape index (κ2) is 6.81. The Balaban J connectivity index is 1.68. The lowest BCUT2D eigenvalue weighted by molar-refractivity contribution is 0.197. The second-order valence-corrected chi connectivity index (χ2v) is 8.36. The molecule has 0 N–H and O–H groups in total. The number of aryl methyl sites for hydroxylation is 1. The lowest BCUT2D eigenvalue weighted by atomic mass is 9.64. The molecule has 1 atom stereocenters. The Morgan fingerprint density at radius 1 is 1.04 bits per heavy atom. The van der Waals surface area contributed by atoms with Crippen LogP contribution < -0.4 is 9.64 Å². The van der Waals surface area contributed by atoms with Gasteiger partial charge in [-0.15, -0.1) is 0 Å². The fraction of sp³-hybridized carbons (Fsp3) is 0.478. The summed E-state index contributed by atoms with van der Waals surface area (Å²) < 4.78 is 5.65. The summed E-state index contributed by atoms with van der Waals surface area (Å²) in [7, 11) is 0. The van der Waals surface area contributed by atoms with E-state index in [9.17, 15) is 0 Å². The average molecular weight is 370 g/mol. The summed E-state index contributed by atoms with van der Waals surface area (Å²) in [6.45, 7) is 6.05. The molecule has 1 unspecified atom stereocenters. The van der Waals surface area contributed by atoms with E-state index in [4.69, 9.17) is 16.3 Å². The van der Waals surface area contributed by atoms with Crippen molar-refractivity contribution < 1.29 is 4.74 Å². The van der Waals surface area contributed by atoms with E-state index in [2.05, 4.69) is 55.1 Å². The number of rotatable bonds is 5. The zero-order chi connectivity index (χ0) is 18.2. The fourth-order valence-electron chi connectivity index (χ4n) is 5.35. The smallest absolute Gasteiger partial charge is 0.162 e. The van der Waals surface area contributed by atoms with Gasteiger partial charge in [0, 0.05) is 23.2 Å². The number of halogens is 1. The lowest BCUT2D eigenvalue weighted by Crippen LogP contribution is -2.58. The highest BCUT2D eigenvalue weighted by Gasteiger charge is 2.56. The van der Waals surface area contributed by atoms with E-state index in [1.807, 2.05) is 12.1 Å². The number of hydrogen-bond acceptors (Lipinski definition) is 2. The number of piperidine rings is 1. The number of para-hydroxylation sites is 2. The minimum absolute atomic E-state index is 0.145. The Kier molecular flexibility index (Phi) is 4.64. The van der Waals surface area contributed by atoms with Gasteiger partial charge in [0.05, 0.1) is 0 Å². The van der Waals surface area contributed by atoms with E-state index in [0.717, 1.165) is 18.6 Å². The molecule has 2 aliphatic heterocycles. The standard InChI is InChI=1S/C23H28ClNO/c1-22(2)19-10-4-5-11-20(19)25-16-8-7-14-23(22,25)15-13-18-9-3-6-12-21(18)26-17-24/h3-6,9-12H,7-8,13-17H2,1-2H3. The molecule has 2 nitrogen and oxygen atoms in total. The van der Waals surface area contributed by atoms with Gasteiger partial charge >= 0.3 is 0 Å². The van der Waals surface area contributed by atoms with E-state index in [-0.39, 0.29) is 17.0 Å². The van der Waals surface area contributed by atoms with Crippen LogP contribution in [0.5, 0.6) is 5.75 Å². The summed E-state index contributed by atoms with van der Waals surface area (Å²) in [5.74, 6) is 0.926. The third-order valence-electron chi connectivity index (χ3n) is 6.76. The van der Waals surface area contributed by atoms with Crippen LogP contribution in [0.25, 0.3) is 0 Å². The predicted molar refractivity (Wildman–Crippen MR) is 110 cm³/mol. The maximum atomic E-state index is 5.82. The zero-order valence-electron chi connectivity index (χ0n) is 15.8. The van der Waals surface area contributed by atoms with Gasteiger partial charge in [-0.25, -0.2) is 0 Å². The van der Waals surface area contributed by atoms with E-state index in [1.54, 1.807) is 0 Å². The first-order chi connectivity index (χ1) is 12.6. The molecule has 0 aromatic heterocycles. The molecule has 26 heavy (non-hydrogen) atoms. The molecule has 138 valence electrons. The van der Waals surface area contributed by atoms with Crippen LogP contribution in [0, 0.1) is 0 Å². The molecule has 2 aromatic rings. The molecule has 1 fully saturated rings. The number of alkyl halides is 1. The highest BCUT2D eigenvalue weighted by molar-refractivity contribution is 6.17. The van der Waals surface area contributed by atoms with Crippen molar-refractivity contribution in [3.63, 3.8) is 0 Å². The number of anilines is 1. The van der Waals surface area contributed by atoms with Crippen molar-refractivity contribution in [3.8, 4) is 5.75 Å². The van der Waals surface area contributed by atoms with Gasteiger partial charge < -0.3 is 9.64 Å². The number of ether oxygens (including phenoxy) is 1. The van der Waals surface area contributed by atoms with Crippen molar-refractivity contribution >= 4 is 17.3 Å². The van der Waals surface area contributed by atoms with E-state index in [1.165, 1.54) is 42.6 Å². The molecule has 2 heterocycles. The van der Waals surface area contributed by atoms with Crippen LogP contribution in [0.1, 0.15) is 50.7 Å². The maximum Gasteiger partial charge on any atom is 0.162 e. The van der Waals surface area contributed by atoms with Gasteiger partial charge in [0.1, 0.15) is 5.75 Å². The zero-order valence-corrected chi connectivity index (χ0v) is 16.6. The molecule has 3 heteroatoms. The van der Waals surface area contributed by atoms with Crippen molar-refractivity contribution in [3.05, 3.63) is 59.7 Å². The Morgan fingerprint density at radius 3 is 2.65 bits per heavy atom. The van der Waals surface area contributed by atoms with Crippen molar-refractivity contribution in [1.29, 1.82) is 0 Å². The largest absolute Gasteiger partial charge is 0.478 e. The summed E-state index contributed by atoms with van der Waals surface area (Å²) in [6.07, 6.45) is 6.01. The topological polar surface area (TPSA) is 12.5 Å². The third-order valence-corrected chi connectivity index (χ3v) is 6.87. The van der Waals surface area contributed by atoms with E-state index >= 15 is 0 Å². The first kappa shape index (κ1) is 17.7. The molecule has 0 radical (unpaired) electrons. The molecule has 0 aliphatic carbocycles. The quantitative estimate of drug-likeness (QED) is 0.607. The first-order valence-electron chi connectivity index (χ1n) is 9.74. The summed E-state index contributed by atoms with van der Waals surface area (Å²) in [5, 5.41) is 0. The van der Waals surface area contributed by atoms with Gasteiger partial charge in [-0.3, -0.25) is 0 Å². The molecule has 4 rings (SSSR count). The van der Waals surface area contributed by atoms with Crippen LogP contribution in [0.4, 0.5) is 5.69 Å². The van der Waals surface area contributed by atoms with Gasteiger partial charge in [0.25, 0.3) is 0 Å². The van der Waals surface area contributed by atoms with Crippen molar-refractivity contribution in [2.24, 2.45) is 0 Å². The highest BCUT2D eigenvalue weighted by Crippen LogP contribution is 2.57. The average Bonchev–Trinajstić information content (AvgIpc) is 2.87. The Hall–Kier alpha value is -1.67. The second-order valence-electron chi connectivity index (χ2n) is 8.14. The van der Waals surface area contributed by atoms with Gasteiger partial charge in [-0.1, -0.05) is 61.8 Å². The van der Waals surface area contributed by atoms with Gasteiger partial charge in [0.2, 0.25) is 0 Å². The van der Waals surface area contributed by atoms with E-state index in [0.29, 0.717) is 0 Å². The number of hydrogen-bond donors (Lipinski definition) is 0. The summed E-state index contributed by atoms with van der Waals surface area (Å²) in [5.41, 5.74) is 4.55. The van der Waals surface area contributed by atoms with Crippen molar-refractivity contribution in [1.82, 2.24) is 0 Å². The van der Waals surface area contributed by atoms with Gasteiger partial charge in [0.15, 0.2) is 6.07 Å². The van der Waals surface area contributed by atoms with Crippen LogP contribution in [-0.2, 0) is 11.8 Å². The number of fused-ring (bicyclic) bond motifs is 3. The molecule has 2 aliphatic rings. The monoisotopic (exact) mass is 369 g/mol. The van der Waals surface area contributed by atoms with Crippen molar-refractivity contribution in [2.75, 3.05) is 17.5 Å². The molecule has 0 spiro atoms. The Bertz CT molecular complexity index is 787. The summed E-state index contributed by atoms with van der Waals surface area (Å²) in [6, 6.07) is 17.6. The predicted octanol–water partition coefficient (Wildman–Crippen LogP) is 5.91. The maximum absolute atomic E-state index is 5.82. The molecule has 2 aromatic carbocycles. The Morgan fingerprint density at radius 2 is 1.81 bits per heavy atom. The summed E-state index contributed by atoms with van der Waals surface area (Å²) >= 11 is 5.82. The molecule has 0 saturated carbocycles. The fourth-order valence-corrected chi connectivity index (χ4v) is 5.47. The minimum atomic E-state index is 0.145. The minimum Gasteiger partial charge on any atom is -0.478 e. The molecular weight excluding hydrogens is 342 g/mol. The first-order valence-corrected chi connectivity index (χ1v) is 10.3. The number of benzene rings is 2. The van der Waals surface area contributed by atoms with Gasteiger partial charge in [-0.2, -0.15) is 0 Å². The number of nitrogens with zero attached hydrogens (tertiary/aromatic N) is 1. The van der Waals surface area contributed by atoms with Crippen LogP contribution in [0.15, 0.2) is 48.5 Å². The van der Waals surface area contributed by atoms with Crippen molar-refractivity contribution in [2.45, 2.75) is 56.9 Å². The SMILES string of the molecule is CC1(C)c2ccccc2N2CCCCC21CCc1ccccc1OCCl. The van der Waals surface area contributed by atoms with Gasteiger partial charge in [-0.05, 0) is 55.4 Å². The van der Waals surface area contributed by atoms with Crippen LogP contribution in [-0.4, -0.2) is 18.1 Å². The molecular formula is C23H28ClNO. The molecule has 0 amide bonds. The highest BCUT2D eigenvalue weighted by atomic mass is 35.5. The third kappa shape index (κ3) is 2.62. The van der Waals surface area contributed by atoms with Crippen LogP contribution >= 0.6 is 11.6 Å². The van der Waals surface area contributed by atoms with Crippen LogP contribution in [0.3, 0.4) is 0 Å². The molecule has 1 saturated heterocycles.